The van der Waals surface area contributed by atoms with Crippen molar-refractivity contribution >= 4 is 38.6 Å². The molecule has 0 aliphatic rings. The van der Waals surface area contributed by atoms with Gasteiger partial charge in [-0.2, -0.15) is 0 Å². The second-order valence-corrected chi connectivity index (χ2v) is 9.73. The van der Waals surface area contributed by atoms with E-state index in [1.165, 1.54) is 47.7 Å². The Kier molecular flexibility index (Phi) is 6.02. The van der Waals surface area contributed by atoms with Gasteiger partial charge in [-0.1, -0.05) is 48.5 Å². The lowest BCUT2D eigenvalue weighted by Crippen LogP contribution is -2.15. The minimum Gasteiger partial charge on any atom is -0.321 e. The molecule has 1 heterocycles. The van der Waals surface area contributed by atoms with E-state index < -0.39 is 21.7 Å². The van der Waals surface area contributed by atoms with E-state index in [9.17, 15) is 17.6 Å². The minimum absolute atomic E-state index is 0.109. The Morgan fingerprint density at radius 1 is 0.969 bits per heavy atom. The first-order valence-corrected chi connectivity index (χ1v) is 11.8. The van der Waals surface area contributed by atoms with Gasteiger partial charge in [0.15, 0.2) is 0 Å². The first-order valence-electron chi connectivity index (χ1n) is 9.55. The molecule has 0 aliphatic carbocycles. The fraction of sp³-hybridized carbons (Fsp3) is 0.0435. The summed E-state index contributed by atoms with van der Waals surface area (Å²) in [6.45, 7) is 1.81. The largest absolute Gasteiger partial charge is 0.321 e. The lowest BCUT2D eigenvalue weighted by atomic mass is 10.1. The van der Waals surface area contributed by atoms with Gasteiger partial charge in [-0.25, -0.2) is 17.8 Å². The Labute approximate surface area is 188 Å². The number of amides is 1. The van der Waals surface area contributed by atoms with Gasteiger partial charge >= 0.3 is 0 Å². The van der Waals surface area contributed by atoms with Crippen LogP contribution in [0.15, 0.2) is 83.8 Å². The third-order valence-electron chi connectivity index (χ3n) is 4.51. The van der Waals surface area contributed by atoms with Gasteiger partial charge in [0, 0.05) is 11.3 Å². The van der Waals surface area contributed by atoms with Crippen molar-refractivity contribution in [3.05, 3.63) is 94.6 Å². The van der Waals surface area contributed by atoms with Crippen LogP contribution >= 0.6 is 11.3 Å². The van der Waals surface area contributed by atoms with Crippen LogP contribution in [0.4, 0.5) is 15.8 Å². The quantitative estimate of drug-likeness (QED) is 0.402. The zero-order valence-electron chi connectivity index (χ0n) is 16.9. The highest BCUT2D eigenvalue weighted by molar-refractivity contribution is 7.92. The number of benzene rings is 3. The summed E-state index contributed by atoms with van der Waals surface area (Å²) in [5, 5.41) is 3.47. The van der Waals surface area contributed by atoms with Crippen LogP contribution in [0.2, 0.25) is 0 Å². The maximum Gasteiger partial charge on any atom is 0.268 e. The molecule has 0 fully saturated rings. The Morgan fingerprint density at radius 2 is 1.69 bits per heavy atom. The highest BCUT2D eigenvalue weighted by atomic mass is 32.2. The van der Waals surface area contributed by atoms with Gasteiger partial charge < -0.3 is 5.32 Å². The van der Waals surface area contributed by atoms with Gasteiger partial charge in [0.2, 0.25) is 0 Å². The zero-order chi connectivity index (χ0) is 22.7. The SMILES string of the molecule is Cc1nc(-c2ccccc2)c(C(=O)Nc2cccc(S(=O)(=O)Nc3ccccc3F)c2)s1. The van der Waals surface area contributed by atoms with Crippen LogP contribution in [0.5, 0.6) is 0 Å². The van der Waals surface area contributed by atoms with Crippen LogP contribution < -0.4 is 10.0 Å². The summed E-state index contributed by atoms with van der Waals surface area (Å²) in [5.74, 6) is -1.08. The fourth-order valence-corrected chi connectivity index (χ4v) is 5.00. The van der Waals surface area contributed by atoms with Crippen LogP contribution in [-0.2, 0) is 10.0 Å². The van der Waals surface area contributed by atoms with Gasteiger partial charge in [-0.05, 0) is 37.3 Å². The molecule has 0 atom stereocenters. The van der Waals surface area contributed by atoms with Crippen molar-refractivity contribution in [1.82, 2.24) is 4.98 Å². The molecule has 1 amide bonds. The monoisotopic (exact) mass is 467 g/mol. The number of sulfonamides is 1. The van der Waals surface area contributed by atoms with Gasteiger partial charge in [-0.3, -0.25) is 9.52 Å². The lowest BCUT2D eigenvalue weighted by molar-refractivity contribution is 0.103. The number of halogens is 1. The lowest BCUT2D eigenvalue weighted by Gasteiger charge is -2.11. The van der Waals surface area contributed by atoms with E-state index >= 15 is 0 Å². The van der Waals surface area contributed by atoms with E-state index in [4.69, 9.17) is 0 Å². The van der Waals surface area contributed by atoms with Crippen LogP contribution in [0.3, 0.4) is 0 Å². The molecule has 0 bridgehead atoms. The van der Waals surface area contributed by atoms with Gasteiger partial charge in [0.1, 0.15) is 10.7 Å². The van der Waals surface area contributed by atoms with E-state index in [1.54, 1.807) is 6.07 Å². The maximum atomic E-state index is 13.9. The van der Waals surface area contributed by atoms with Crippen molar-refractivity contribution in [3.8, 4) is 11.3 Å². The number of anilines is 2. The van der Waals surface area contributed by atoms with E-state index in [0.717, 1.165) is 16.6 Å². The van der Waals surface area contributed by atoms with Crippen LogP contribution in [0.25, 0.3) is 11.3 Å². The summed E-state index contributed by atoms with van der Waals surface area (Å²) in [6, 6.07) is 20.6. The standard InChI is InChI=1S/C23H18FN3O3S2/c1-15-25-21(16-8-3-2-4-9-16)22(31-15)23(28)26-17-10-7-11-18(14-17)32(29,30)27-20-13-6-5-12-19(20)24/h2-14,27H,1H3,(H,26,28). The van der Waals surface area contributed by atoms with E-state index in [1.807, 2.05) is 37.3 Å². The second-order valence-electron chi connectivity index (χ2n) is 6.84. The first-order chi connectivity index (χ1) is 15.3. The molecule has 32 heavy (non-hydrogen) atoms. The van der Waals surface area contributed by atoms with Crippen molar-refractivity contribution in [2.24, 2.45) is 0 Å². The number of nitrogens with zero attached hydrogens (tertiary/aromatic N) is 1. The number of para-hydroxylation sites is 1. The number of carbonyl (C=O) groups excluding carboxylic acids is 1. The van der Waals surface area contributed by atoms with Gasteiger partial charge in [0.25, 0.3) is 15.9 Å². The van der Waals surface area contributed by atoms with Crippen molar-refractivity contribution in [1.29, 1.82) is 0 Å². The second kappa shape index (κ2) is 8.89. The molecule has 0 spiro atoms. The molecule has 0 saturated carbocycles. The van der Waals surface area contributed by atoms with Crippen molar-refractivity contribution < 1.29 is 17.6 Å². The summed E-state index contributed by atoms with van der Waals surface area (Å²) in [7, 11) is -4.06. The molecule has 162 valence electrons. The molecule has 2 N–H and O–H groups in total. The van der Waals surface area contributed by atoms with Crippen LogP contribution in [0.1, 0.15) is 14.7 Å². The van der Waals surface area contributed by atoms with Crippen molar-refractivity contribution in [2.75, 3.05) is 10.0 Å². The average Bonchev–Trinajstić information content (AvgIpc) is 3.18. The predicted molar refractivity (Wildman–Crippen MR) is 124 cm³/mol. The summed E-state index contributed by atoms with van der Waals surface area (Å²) in [5.41, 5.74) is 1.51. The number of aryl methyl sites for hydroxylation is 1. The Hall–Kier alpha value is -3.56. The van der Waals surface area contributed by atoms with Crippen LogP contribution in [-0.4, -0.2) is 19.3 Å². The number of aromatic nitrogens is 1. The van der Waals surface area contributed by atoms with Gasteiger partial charge in [0.05, 0.1) is 21.3 Å². The van der Waals surface area contributed by atoms with Crippen molar-refractivity contribution in [2.45, 2.75) is 11.8 Å². The van der Waals surface area contributed by atoms with E-state index in [-0.39, 0.29) is 16.3 Å². The average molecular weight is 468 g/mol. The number of nitrogens with one attached hydrogen (secondary N) is 2. The molecule has 4 rings (SSSR count). The molecule has 6 nitrogen and oxygen atoms in total. The Morgan fingerprint density at radius 3 is 2.44 bits per heavy atom. The molecule has 0 unspecified atom stereocenters. The summed E-state index contributed by atoms with van der Waals surface area (Å²) >= 11 is 1.25. The van der Waals surface area contributed by atoms with Crippen LogP contribution in [0, 0.1) is 12.7 Å². The highest BCUT2D eigenvalue weighted by Gasteiger charge is 2.20. The zero-order valence-corrected chi connectivity index (χ0v) is 18.5. The Balaban J connectivity index is 1.59. The molecular formula is C23H18FN3O3S2. The topological polar surface area (TPSA) is 88.2 Å². The maximum absolute atomic E-state index is 13.9. The fourth-order valence-electron chi connectivity index (χ4n) is 3.05. The normalized spacial score (nSPS) is 11.2. The molecule has 1 aromatic heterocycles. The number of hydrogen-bond donors (Lipinski definition) is 2. The first kappa shape index (κ1) is 21.7. The number of thiazole rings is 1. The molecule has 3 aromatic carbocycles. The van der Waals surface area contributed by atoms with Crippen molar-refractivity contribution in [3.63, 3.8) is 0 Å². The third-order valence-corrected chi connectivity index (χ3v) is 6.84. The molecule has 0 radical (unpaired) electrons. The highest BCUT2D eigenvalue weighted by Crippen LogP contribution is 2.29. The smallest absolute Gasteiger partial charge is 0.268 e. The molecule has 4 aromatic rings. The minimum atomic E-state index is -4.06. The summed E-state index contributed by atoms with van der Waals surface area (Å²) in [4.78, 5) is 17.7. The summed E-state index contributed by atoms with van der Waals surface area (Å²) < 4.78 is 41.5. The number of rotatable bonds is 6. The number of carbonyl (C=O) groups is 1. The predicted octanol–water partition coefficient (Wildman–Crippen LogP) is 5.31. The van der Waals surface area contributed by atoms with E-state index in [0.29, 0.717) is 10.6 Å². The number of hydrogen-bond acceptors (Lipinski definition) is 5. The summed E-state index contributed by atoms with van der Waals surface area (Å²) in [6.07, 6.45) is 0. The van der Waals surface area contributed by atoms with Gasteiger partial charge in [-0.15, -0.1) is 11.3 Å². The van der Waals surface area contributed by atoms with E-state index in [2.05, 4.69) is 15.0 Å². The molecular weight excluding hydrogens is 449 g/mol. The molecule has 9 heteroatoms. The third kappa shape index (κ3) is 4.68. The molecule has 0 saturated heterocycles. The molecule has 0 aliphatic heterocycles. The Bertz CT molecular complexity index is 1390.